The van der Waals surface area contributed by atoms with Crippen LogP contribution in [0.15, 0.2) is 24.3 Å². The number of aryl methyl sites for hydroxylation is 1. The molecule has 1 aliphatic rings. The van der Waals surface area contributed by atoms with E-state index in [9.17, 15) is 5.26 Å². The van der Waals surface area contributed by atoms with E-state index in [2.05, 4.69) is 30.3 Å². The van der Waals surface area contributed by atoms with Crippen LogP contribution in [0.3, 0.4) is 0 Å². The minimum atomic E-state index is -0.249. The second-order valence-electron chi connectivity index (χ2n) is 5.19. The number of nitriles is 1. The lowest BCUT2D eigenvalue weighted by Gasteiger charge is -2.32. The maximum absolute atomic E-state index is 9.54. The zero-order valence-electron chi connectivity index (χ0n) is 11.5. The highest BCUT2D eigenvalue weighted by atomic mass is 16.5. The molecular formula is C16H21NO2. The molecule has 0 bridgehead atoms. The van der Waals surface area contributed by atoms with E-state index in [0.29, 0.717) is 19.8 Å². The fraction of sp³-hybridized carbons (Fsp3) is 0.562. The maximum atomic E-state index is 9.54. The Hall–Kier alpha value is -1.37. The Kier molecular flexibility index (Phi) is 4.95. The van der Waals surface area contributed by atoms with E-state index < -0.39 is 0 Å². The minimum absolute atomic E-state index is 0.249. The Labute approximate surface area is 115 Å². The molecule has 0 saturated heterocycles. The van der Waals surface area contributed by atoms with Crippen molar-refractivity contribution in [2.75, 3.05) is 26.9 Å². The van der Waals surface area contributed by atoms with Gasteiger partial charge >= 0.3 is 0 Å². The molecule has 1 aromatic carbocycles. The summed E-state index contributed by atoms with van der Waals surface area (Å²) < 4.78 is 10.5. The zero-order chi connectivity index (χ0) is 13.6. The SMILES string of the molecule is COCCOCCC1(C#N)CCc2ccccc2C1. The smallest absolute Gasteiger partial charge is 0.0700 e. The summed E-state index contributed by atoms with van der Waals surface area (Å²) in [5, 5.41) is 9.54. The monoisotopic (exact) mass is 259 g/mol. The Morgan fingerprint density at radius 3 is 2.74 bits per heavy atom. The normalized spacial score (nSPS) is 21.7. The molecule has 102 valence electrons. The van der Waals surface area contributed by atoms with E-state index in [1.54, 1.807) is 7.11 Å². The molecule has 0 fully saturated rings. The molecule has 0 aliphatic heterocycles. The average molecular weight is 259 g/mol. The van der Waals surface area contributed by atoms with Crippen molar-refractivity contribution in [2.45, 2.75) is 25.7 Å². The number of hydrogen-bond donors (Lipinski definition) is 0. The van der Waals surface area contributed by atoms with Crippen molar-refractivity contribution in [1.82, 2.24) is 0 Å². The second-order valence-corrected chi connectivity index (χ2v) is 5.19. The lowest BCUT2D eigenvalue weighted by molar-refractivity contribution is 0.0564. The van der Waals surface area contributed by atoms with Crippen LogP contribution in [0.4, 0.5) is 0 Å². The van der Waals surface area contributed by atoms with Gasteiger partial charge in [-0.2, -0.15) is 5.26 Å². The standard InChI is InChI=1S/C16H21NO2/c1-18-10-11-19-9-8-16(13-17)7-6-14-4-2-3-5-15(14)12-16/h2-5H,6-12H2,1H3. The first-order valence-electron chi connectivity index (χ1n) is 6.84. The second kappa shape index (κ2) is 6.70. The Bertz CT molecular complexity index is 452. The lowest BCUT2D eigenvalue weighted by Crippen LogP contribution is -2.29. The third kappa shape index (κ3) is 3.56. The summed E-state index contributed by atoms with van der Waals surface area (Å²) in [6, 6.07) is 11.0. The van der Waals surface area contributed by atoms with Crippen molar-refractivity contribution in [3.63, 3.8) is 0 Å². The van der Waals surface area contributed by atoms with Gasteiger partial charge in [-0.15, -0.1) is 0 Å². The van der Waals surface area contributed by atoms with Crippen LogP contribution >= 0.6 is 0 Å². The Morgan fingerprint density at radius 1 is 1.21 bits per heavy atom. The topological polar surface area (TPSA) is 42.2 Å². The van der Waals surface area contributed by atoms with E-state index in [-0.39, 0.29) is 5.41 Å². The van der Waals surface area contributed by atoms with E-state index in [1.807, 2.05) is 0 Å². The molecule has 0 N–H and O–H groups in total. The molecule has 3 nitrogen and oxygen atoms in total. The molecule has 2 rings (SSSR count). The van der Waals surface area contributed by atoms with Gasteiger partial charge in [0.1, 0.15) is 0 Å². The fourth-order valence-electron chi connectivity index (χ4n) is 2.68. The first kappa shape index (κ1) is 14.0. The first-order chi connectivity index (χ1) is 9.29. The van der Waals surface area contributed by atoms with Crippen molar-refractivity contribution in [3.8, 4) is 6.07 Å². The molecule has 0 saturated carbocycles. The van der Waals surface area contributed by atoms with E-state index in [4.69, 9.17) is 9.47 Å². The lowest BCUT2D eigenvalue weighted by atomic mass is 9.71. The van der Waals surface area contributed by atoms with Gasteiger partial charge in [0.25, 0.3) is 0 Å². The average Bonchev–Trinajstić information content (AvgIpc) is 2.47. The molecular weight excluding hydrogens is 238 g/mol. The van der Waals surface area contributed by atoms with Gasteiger partial charge in [-0.05, 0) is 36.8 Å². The van der Waals surface area contributed by atoms with Gasteiger partial charge in [-0.25, -0.2) is 0 Å². The van der Waals surface area contributed by atoms with Crippen molar-refractivity contribution < 1.29 is 9.47 Å². The molecule has 19 heavy (non-hydrogen) atoms. The predicted octanol–water partition coefficient (Wildman–Crippen LogP) is 2.74. The summed E-state index contributed by atoms with van der Waals surface area (Å²) in [5.74, 6) is 0. The number of fused-ring (bicyclic) bond motifs is 1. The van der Waals surface area contributed by atoms with Crippen molar-refractivity contribution in [1.29, 1.82) is 5.26 Å². The van der Waals surface area contributed by atoms with Crippen LogP contribution in [0.25, 0.3) is 0 Å². The number of nitrogens with zero attached hydrogens (tertiary/aromatic N) is 1. The minimum Gasteiger partial charge on any atom is -0.382 e. The summed E-state index contributed by atoms with van der Waals surface area (Å²) in [7, 11) is 1.66. The Morgan fingerprint density at radius 2 is 2.00 bits per heavy atom. The molecule has 1 unspecified atom stereocenters. The van der Waals surface area contributed by atoms with E-state index in [0.717, 1.165) is 25.7 Å². The quantitative estimate of drug-likeness (QED) is 0.738. The highest BCUT2D eigenvalue weighted by molar-refractivity contribution is 5.32. The van der Waals surface area contributed by atoms with Gasteiger partial charge in [0.05, 0.1) is 24.7 Å². The van der Waals surface area contributed by atoms with Gasteiger partial charge in [0, 0.05) is 13.7 Å². The largest absolute Gasteiger partial charge is 0.382 e. The van der Waals surface area contributed by atoms with Gasteiger partial charge in [0.15, 0.2) is 0 Å². The molecule has 0 aromatic heterocycles. The molecule has 1 aromatic rings. The third-order valence-corrected chi connectivity index (χ3v) is 3.91. The third-order valence-electron chi connectivity index (χ3n) is 3.91. The molecule has 0 amide bonds. The zero-order valence-corrected chi connectivity index (χ0v) is 11.5. The van der Waals surface area contributed by atoms with Crippen LogP contribution in [0, 0.1) is 16.7 Å². The summed E-state index contributed by atoms with van der Waals surface area (Å²) >= 11 is 0. The summed E-state index contributed by atoms with van der Waals surface area (Å²) in [4.78, 5) is 0. The maximum Gasteiger partial charge on any atom is 0.0700 e. The van der Waals surface area contributed by atoms with Crippen LogP contribution in [-0.4, -0.2) is 26.9 Å². The molecule has 0 radical (unpaired) electrons. The molecule has 3 heteroatoms. The van der Waals surface area contributed by atoms with E-state index >= 15 is 0 Å². The number of benzene rings is 1. The predicted molar refractivity (Wildman–Crippen MR) is 73.8 cm³/mol. The van der Waals surface area contributed by atoms with Gasteiger partial charge in [-0.1, -0.05) is 24.3 Å². The highest BCUT2D eigenvalue weighted by Crippen LogP contribution is 2.37. The van der Waals surface area contributed by atoms with E-state index in [1.165, 1.54) is 11.1 Å². The molecule has 1 atom stereocenters. The van der Waals surface area contributed by atoms with Crippen LogP contribution in [0.5, 0.6) is 0 Å². The van der Waals surface area contributed by atoms with Crippen LogP contribution < -0.4 is 0 Å². The number of methoxy groups -OCH3 is 1. The Balaban J connectivity index is 1.92. The van der Waals surface area contributed by atoms with Crippen molar-refractivity contribution >= 4 is 0 Å². The molecule has 0 spiro atoms. The van der Waals surface area contributed by atoms with Crippen molar-refractivity contribution in [2.24, 2.45) is 5.41 Å². The van der Waals surface area contributed by atoms with Crippen LogP contribution in [0.1, 0.15) is 24.0 Å². The number of rotatable bonds is 6. The fourth-order valence-corrected chi connectivity index (χ4v) is 2.68. The number of ether oxygens (including phenoxy) is 2. The van der Waals surface area contributed by atoms with Gasteiger partial charge in [0.2, 0.25) is 0 Å². The summed E-state index contributed by atoms with van der Waals surface area (Å²) in [6.45, 7) is 1.86. The highest BCUT2D eigenvalue weighted by Gasteiger charge is 2.34. The molecule has 0 heterocycles. The number of hydrogen-bond acceptors (Lipinski definition) is 3. The van der Waals surface area contributed by atoms with Crippen LogP contribution in [-0.2, 0) is 22.3 Å². The van der Waals surface area contributed by atoms with Crippen LogP contribution in [0.2, 0.25) is 0 Å². The molecule has 1 aliphatic carbocycles. The summed E-state index contributed by atoms with van der Waals surface area (Å²) in [5.41, 5.74) is 2.47. The van der Waals surface area contributed by atoms with Crippen molar-refractivity contribution in [3.05, 3.63) is 35.4 Å². The van der Waals surface area contributed by atoms with Gasteiger partial charge in [-0.3, -0.25) is 0 Å². The van der Waals surface area contributed by atoms with Gasteiger partial charge < -0.3 is 9.47 Å². The first-order valence-corrected chi connectivity index (χ1v) is 6.84. The summed E-state index contributed by atoms with van der Waals surface area (Å²) in [6.07, 6.45) is 3.60.